The number of likely N-dealkylation sites (N-methyl/N-ethyl adjacent to an activating group) is 2. The van der Waals surface area contributed by atoms with Gasteiger partial charge in [-0.2, -0.15) is 8.42 Å². The van der Waals surface area contributed by atoms with E-state index >= 15 is 0 Å². The van der Waals surface area contributed by atoms with Gasteiger partial charge in [0.15, 0.2) is 5.84 Å². The minimum Gasteiger partial charge on any atom is -0.349 e. The first-order valence-corrected chi connectivity index (χ1v) is 10.2. The highest BCUT2D eigenvalue weighted by molar-refractivity contribution is 7.90. The Hall–Kier alpha value is -2.67. The summed E-state index contributed by atoms with van der Waals surface area (Å²) in [5.41, 5.74) is 2.84. The van der Waals surface area contributed by atoms with Crippen LogP contribution in [0.1, 0.15) is 23.6 Å². The average Bonchev–Trinajstić information content (AvgIpc) is 2.94. The van der Waals surface area contributed by atoms with Crippen LogP contribution in [0.2, 0.25) is 0 Å². The highest BCUT2D eigenvalue weighted by atomic mass is 32.2. The molecule has 0 spiro atoms. The zero-order valence-corrected chi connectivity index (χ0v) is 16.5. The summed E-state index contributed by atoms with van der Waals surface area (Å²) in [5.74, 6) is 0.196. The molecule has 0 aliphatic carbocycles. The summed E-state index contributed by atoms with van der Waals surface area (Å²) < 4.78 is 28.2. The van der Waals surface area contributed by atoms with Crippen molar-refractivity contribution in [1.29, 1.82) is 0 Å². The molecular formula is C20H23N3O3S. The van der Waals surface area contributed by atoms with Gasteiger partial charge >= 0.3 is 0 Å². The Morgan fingerprint density at radius 3 is 2.30 bits per heavy atom. The second-order valence-electron chi connectivity index (χ2n) is 6.66. The summed E-state index contributed by atoms with van der Waals surface area (Å²) in [6.07, 6.45) is 0.979. The third kappa shape index (κ3) is 4.03. The number of benzene rings is 2. The van der Waals surface area contributed by atoms with E-state index < -0.39 is 10.0 Å². The third-order valence-corrected chi connectivity index (χ3v) is 5.95. The summed E-state index contributed by atoms with van der Waals surface area (Å²) in [6.45, 7) is 2.65. The molecule has 0 saturated heterocycles. The molecule has 3 rings (SSSR count). The number of hydrogen-bond donors (Lipinski definition) is 0. The maximum Gasteiger partial charge on any atom is 0.285 e. The number of carbonyl (C=O) groups is 1. The van der Waals surface area contributed by atoms with Crippen molar-refractivity contribution in [3.63, 3.8) is 0 Å². The number of carbonyl (C=O) groups excluding carboxylic acids is 1. The minimum atomic E-state index is -3.69. The fourth-order valence-corrected chi connectivity index (χ4v) is 4.26. The third-order valence-electron chi connectivity index (χ3n) is 4.62. The average molecular weight is 385 g/mol. The smallest absolute Gasteiger partial charge is 0.285 e. The standard InChI is InChI=1S/C20H23N3O3S/c1-4-15-9-11-16(12-10-15)13-22(2)19(24)14-23(3)20-17-7-5-6-8-18(17)27(25,26)21-20/h5-12H,4,13-14H2,1-3H3. The van der Waals surface area contributed by atoms with Crippen molar-refractivity contribution in [2.75, 3.05) is 20.6 Å². The van der Waals surface area contributed by atoms with E-state index in [0.717, 1.165) is 12.0 Å². The SMILES string of the molecule is CCc1ccc(CN(C)C(=O)CN(C)C2=NS(=O)(=O)c3ccccc32)cc1. The van der Waals surface area contributed by atoms with E-state index in [1.54, 1.807) is 42.1 Å². The number of amides is 1. The lowest BCUT2D eigenvalue weighted by Crippen LogP contribution is -2.39. The van der Waals surface area contributed by atoms with Crippen LogP contribution in [0.15, 0.2) is 57.8 Å². The fourth-order valence-electron chi connectivity index (χ4n) is 3.00. The van der Waals surface area contributed by atoms with Gasteiger partial charge < -0.3 is 9.80 Å². The molecule has 0 N–H and O–H groups in total. The Kier molecular flexibility index (Phi) is 5.32. The molecule has 0 fully saturated rings. The molecule has 2 aromatic rings. The van der Waals surface area contributed by atoms with Gasteiger partial charge in [0.2, 0.25) is 5.91 Å². The number of hydrogen-bond acceptors (Lipinski definition) is 4. The Labute approximate surface area is 160 Å². The lowest BCUT2D eigenvalue weighted by Gasteiger charge is -2.23. The predicted molar refractivity (Wildman–Crippen MR) is 105 cm³/mol. The molecule has 0 atom stereocenters. The maximum atomic E-state index is 12.6. The molecule has 0 bridgehead atoms. The van der Waals surface area contributed by atoms with Crippen LogP contribution >= 0.6 is 0 Å². The minimum absolute atomic E-state index is 0.0478. The fraction of sp³-hybridized carbons (Fsp3) is 0.300. The Bertz CT molecular complexity index is 982. The summed E-state index contributed by atoms with van der Waals surface area (Å²) in [4.78, 5) is 16.0. The molecule has 1 amide bonds. The molecule has 142 valence electrons. The van der Waals surface area contributed by atoms with Crippen LogP contribution in [0, 0.1) is 0 Å². The van der Waals surface area contributed by atoms with Gasteiger partial charge in [-0.15, -0.1) is 4.40 Å². The zero-order chi connectivity index (χ0) is 19.6. The molecule has 1 aliphatic heterocycles. The number of fused-ring (bicyclic) bond motifs is 1. The molecule has 0 saturated carbocycles. The van der Waals surface area contributed by atoms with E-state index in [1.807, 2.05) is 12.1 Å². The summed E-state index contributed by atoms with van der Waals surface area (Å²) in [6, 6.07) is 14.8. The van der Waals surface area contributed by atoms with Gasteiger partial charge in [0, 0.05) is 26.2 Å². The first-order valence-electron chi connectivity index (χ1n) is 8.79. The van der Waals surface area contributed by atoms with Crippen molar-refractivity contribution in [3.8, 4) is 0 Å². The van der Waals surface area contributed by atoms with Crippen molar-refractivity contribution in [2.24, 2.45) is 4.40 Å². The predicted octanol–water partition coefficient (Wildman–Crippen LogP) is 2.29. The van der Waals surface area contributed by atoms with Crippen LogP contribution < -0.4 is 0 Å². The molecule has 0 unspecified atom stereocenters. The van der Waals surface area contributed by atoms with Crippen LogP contribution in [-0.4, -0.2) is 50.6 Å². The second-order valence-corrected chi connectivity index (χ2v) is 8.23. The Balaban J connectivity index is 1.68. The van der Waals surface area contributed by atoms with Crippen LogP contribution in [0.25, 0.3) is 0 Å². The van der Waals surface area contributed by atoms with E-state index in [4.69, 9.17) is 0 Å². The van der Waals surface area contributed by atoms with Crippen molar-refractivity contribution in [3.05, 3.63) is 65.2 Å². The van der Waals surface area contributed by atoms with Crippen molar-refractivity contribution < 1.29 is 13.2 Å². The van der Waals surface area contributed by atoms with E-state index in [2.05, 4.69) is 23.5 Å². The maximum absolute atomic E-state index is 12.6. The van der Waals surface area contributed by atoms with Gasteiger partial charge in [0.25, 0.3) is 10.0 Å². The van der Waals surface area contributed by atoms with Gasteiger partial charge in [-0.1, -0.05) is 43.3 Å². The summed E-state index contributed by atoms with van der Waals surface area (Å²) in [5, 5.41) is 0. The molecule has 7 heteroatoms. The van der Waals surface area contributed by atoms with E-state index in [1.165, 1.54) is 11.6 Å². The van der Waals surface area contributed by atoms with Crippen LogP contribution in [0.5, 0.6) is 0 Å². The lowest BCUT2D eigenvalue weighted by molar-refractivity contribution is -0.130. The quantitative estimate of drug-likeness (QED) is 0.792. The van der Waals surface area contributed by atoms with Gasteiger partial charge in [0.05, 0.1) is 6.54 Å². The number of rotatable bonds is 5. The van der Waals surface area contributed by atoms with E-state index in [9.17, 15) is 13.2 Å². The second kappa shape index (κ2) is 7.52. The molecule has 0 aromatic heterocycles. The molecule has 2 aromatic carbocycles. The Morgan fingerprint density at radius 2 is 1.63 bits per heavy atom. The molecule has 1 heterocycles. The molecule has 27 heavy (non-hydrogen) atoms. The Morgan fingerprint density at radius 1 is 1.00 bits per heavy atom. The van der Waals surface area contributed by atoms with Crippen LogP contribution in [0.3, 0.4) is 0 Å². The molecule has 0 radical (unpaired) electrons. The van der Waals surface area contributed by atoms with Gasteiger partial charge in [-0.25, -0.2) is 0 Å². The first-order chi connectivity index (χ1) is 12.8. The molecule has 1 aliphatic rings. The van der Waals surface area contributed by atoms with Gasteiger partial charge in [0.1, 0.15) is 4.90 Å². The van der Waals surface area contributed by atoms with Gasteiger partial charge in [-0.3, -0.25) is 4.79 Å². The molecular weight excluding hydrogens is 362 g/mol. The van der Waals surface area contributed by atoms with Crippen molar-refractivity contribution in [2.45, 2.75) is 24.8 Å². The molecule has 6 nitrogen and oxygen atoms in total. The highest BCUT2D eigenvalue weighted by Crippen LogP contribution is 2.26. The number of nitrogens with zero attached hydrogens (tertiary/aromatic N) is 3. The van der Waals surface area contributed by atoms with Crippen LogP contribution in [-0.2, 0) is 27.8 Å². The lowest BCUT2D eigenvalue weighted by atomic mass is 10.1. The highest BCUT2D eigenvalue weighted by Gasteiger charge is 2.31. The topological polar surface area (TPSA) is 70.1 Å². The van der Waals surface area contributed by atoms with Crippen molar-refractivity contribution >= 4 is 21.8 Å². The first kappa shape index (κ1) is 19.1. The summed E-state index contributed by atoms with van der Waals surface area (Å²) in [7, 11) is -0.270. The van der Waals surface area contributed by atoms with E-state index in [0.29, 0.717) is 17.9 Å². The van der Waals surface area contributed by atoms with Gasteiger partial charge in [-0.05, 0) is 29.7 Å². The largest absolute Gasteiger partial charge is 0.349 e. The summed E-state index contributed by atoms with van der Waals surface area (Å²) >= 11 is 0. The van der Waals surface area contributed by atoms with Crippen molar-refractivity contribution in [1.82, 2.24) is 9.80 Å². The number of aryl methyl sites for hydroxylation is 1. The number of amidine groups is 1. The zero-order valence-electron chi connectivity index (χ0n) is 15.7. The normalized spacial score (nSPS) is 14.4. The van der Waals surface area contributed by atoms with Crippen LogP contribution in [0.4, 0.5) is 0 Å². The monoisotopic (exact) mass is 385 g/mol. The van der Waals surface area contributed by atoms with E-state index in [-0.39, 0.29) is 17.3 Å². The number of sulfonamides is 1.